The number of sulfonamides is 1. The van der Waals surface area contributed by atoms with Crippen molar-refractivity contribution >= 4 is 15.9 Å². The normalized spacial score (nSPS) is 18.5. The predicted molar refractivity (Wildman–Crippen MR) is 102 cm³/mol. The van der Waals surface area contributed by atoms with Crippen LogP contribution in [0.4, 0.5) is 4.39 Å². The van der Waals surface area contributed by atoms with Crippen LogP contribution in [0.15, 0.2) is 48.5 Å². The topological polar surface area (TPSA) is 66.5 Å². The van der Waals surface area contributed by atoms with Crippen molar-refractivity contribution in [3.8, 4) is 0 Å². The summed E-state index contributed by atoms with van der Waals surface area (Å²) in [5.41, 5.74) is 2.24. The van der Waals surface area contributed by atoms with Gasteiger partial charge in [0.1, 0.15) is 11.9 Å². The third-order valence-electron chi connectivity index (χ3n) is 4.71. The fourth-order valence-electron chi connectivity index (χ4n) is 3.20. The summed E-state index contributed by atoms with van der Waals surface area (Å²) in [5.74, 6) is -0.684. The summed E-state index contributed by atoms with van der Waals surface area (Å²) in [7, 11) is -3.76. The first-order valence-electron chi connectivity index (χ1n) is 8.89. The lowest BCUT2D eigenvalue weighted by atomic mass is 9.98. The van der Waals surface area contributed by atoms with Crippen molar-refractivity contribution in [1.29, 1.82) is 0 Å². The SMILES string of the molecule is CC(C)c1ccc(C2C(=O)NCCN2S(=O)(=O)Cc2ccc(F)cc2)cc1. The van der Waals surface area contributed by atoms with Crippen LogP contribution < -0.4 is 5.32 Å². The number of carbonyl (C=O) groups is 1. The van der Waals surface area contributed by atoms with Gasteiger partial charge in [0, 0.05) is 13.1 Å². The molecule has 1 fully saturated rings. The highest BCUT2D eigenvalue weighted by molar-refractivity contribution is 7.88. The first-order valence-corrected chi connectivity index (χ1v) is 10.5. The lowest BCUT2D eigenvalue weighted by Gasteiger charge is -2.34. The molecule has 2 aromatic rings. The number of carbonyl (C=O) groups excluding carboxylic acids is 1. The minimum absolute atomic E-state index is 0.200. The standard InChI is InChI=1S/C20H23FN2O3S/c1-14(2)16-5-7-17(8-6-16)19-20(24)22-11-12-23(19)27(25,26)13-15-3-9-18(21)10-4-15/h3-10,14,19H,11-13H2,1-2H3,(H,22,24). The number of hydrogen-bond donors (Lipinski definition) is 1. The molecule has 7 heteroatoms. The number of piperazine rings is 1. The Morgan fingerprint density at radius 1 is 1.11 bits per heavy atom. The minimum Gasteiger partial charge on any atom is -0.353 e. The van der Waals surface area contributed by atoms with E-state index in [4.69, 9.17) is 0 Å². The fraction of sp³-hybridized carbons (Fsp3) is 0.350. The van der Waals surface area contributed by atoms with Crippen LogP contribution in [-0.2, 0) is 20.6 Å². The summed E-state index contributed by atoms with van der Waals surface area (Å²) >= 11 is 0. The molecule has 0 spiro atoms. The zero-order valence-electron chi connectivity index (χ0n) is 15.4. The van der Waals surface area contributed by atoms with E-state index in [1.807, 2.05) is 24.3 Å². The first-order chi connectivity index (χ1) is 12.8. The van der Waals surface area contributed by atoms with Crippen LogP contribution in [0.3, 0.4) is 0 Å². The highest BCUT2D eigenvalue weighted by Gasteiger charge is 2.38. The lowest BCUT2D eigenvalue weighted by Crippen LogP contribution is -2.52. The second kappa shape index (κ2) is 7.78. The van der Waals surface area contributed by atoms with Crippen LogP contribution in [-0.4, -0.2) is 31.7 Å². The molecule has 0 saturated carbocycles. The van der Waals surface area contributed by atoms with Gasteiger partial charge in [0.25, 0.3) is 0 Å². The molecule has 5 nitrogen and oxygen atoms in total. The van der Waals surface area contributed by atoms with Crippen molar-refractivity contribution < 1.29 is 17.6 Å². The molecule has 3 rings (SSSR count). The van der Waals surface area contributed by atoms with Gasteiger partial charge in [0.15, 0.2) is 0 Å². The van der Waals surface area contributed by atoms with E-state index in [9.17, 15) is 17.6 Å². The fourth-order valence-corrected chi connectivity index (χ4v) is 4.89. The predicted octanol–water partition coefficient (Wildman–Crippen LogP) is 2.95. The third kappa shape index (κ3) is 4.36. The number of nitrogens with one attached hydrogen (secondary N) is 1. The monoisotopic (exact) mass is 390 g/mol. The summed E-state index contributed by atoms with van der Waals surface area (Å²) in [5, 5.41) is 2.75. The number of hydrogen-bond acceptors (Lipinski definition) is 3. The smallest absolute Gasteiger partial charge is 0.243 e. The molecule has 1 N–H and O–H groups in total. The van der Waals surface area contributed by atoms with Gasteiger partial charge in [-0.2, -0.15) is 4.31 Å². The highest BCUT2D eigenvalue weighted by atomic mass is 32.2. The van der Waals surface area contributed by atoms with Crippen molar-refractivity contribution in [2.24, 2.45) is 0 Å². The van der Waals surface area contributed by atoms with Gasteiger partial charge in [0.05, 0.1) is 5.75 Å². The van der Waals surface area contributed by atoms with Gasteiger partial charge in [-0.05, 0) is 34.7 Å². The first kappa shape index (κ1) is 19.5. The van der Waals surface area contributed by atoms with E-state index in [0.717, 1.165) is 5.56 Å². The second-order valence-corrected chi connectivity index (χ2v) is 8.93. The highest BCUT2D eigenvalue weighted by Crippen LogP contribution is 2.29. The van der Waals surface area contributed by atoms with E-state index in [1.54, 1.807) is 0 Å². The van der Waals surface area contributed by atoms with Crippen molar-refractivity contribution in [1.82, 2.24) is 9.62 Å². The number of rotatable bonds is 5. The Kier molecular flexibility index (Phi) is 5.62. The maximum atomic E-state index is 13.1. The summed E-state index contributed by atoms with van der Waals surface area (Å²) in [4.78, 5) is 12.5. The molecule has 1 amide bonds. The van der Waals surface area contributed by atoms with Gasteiger partial charge in [-0.1, -0.05) is 50.2 Å². The largest absolute Gasteiger partial charge is 0.353 e. The molecule has 1 saturated heterocycles. The molecule has 1 heterocycles. The molecule has 144 valence electrons. The van der Waals surface area contributed by atoms with Gasteiger partial charge >= 0.3 is 0 Å². The Labute approximate surface area is 159 Å². The van der Waals surface area contributed by atoms with Gasteiger partial charge in [-0.25, -0.2) is 12.8 Å². The van der Waals surface area contributed by atoms with Crippen molar-refractivity contribution in [3.05, 3.63) is 71.0 Å². The van der Waals surface area contributed by atoms with Gasteiger partial charge in [-0.15, -0.1) is 0 Å². The molecule has 1 unspecified atom stereocenters. The summed E-state index contributed by atoms with van der Waals surface area (Å²) in [6.07, 6.45) is 0. The van der Waals surface area contributed by atoms with E-state index < -0.39 is 21.9 Å². The Balaban J connectivity index is 1.90. The Hall–Kier alpha value is -2.25. The number of halogens is 1. The molecular formula is C20H23FN2O3S. The Morgan fingerprint density at radius 3 is 2.33 bits per heavy atom. The van der Waals surface area contributed by atoms with Crippen LogP contribution in [0.5, 0.6) is 0 Å². The molecule has 27 heavy (non-hydrogen) atoms. The van der Waals surface area contributed by atoms with Crippen molar-refractivity contribution in [2.75, 3.05) is 13.1 Å². The number of benzene rings is 2. The van der Waals surface area contributed by atoms with Crippen LogP contribution in [0.2, 0.25) is 0 Å². The summed E-state index contributed by atoms with van der Waals surface area (Å²) in [6, 6.07) is 11.9. The second-order valence-electron chi connectivity index (χ2n) is 7.01. The zero-order valence-corrected chi connectivity index (χ0v) is 16.2. The maximum Gasteiger partial charge on any atom is 0.243 e. The zero-order chi connectivity index (χ0) is 19.6. The van der Waals surface area contributed by atoms with Crippen molar-refractivity contribution in [2.45, 2.75) is 31.6 Å². The molecule has 1 atom stereocenters. The lowest BCUT2D eigenvalue weighted by molar-refractivity contribution is -0.126. The maximum absolute atomic E-state index is 13.1. The van der Waals surface area contributed by atoms with Gasteiger partial charge in [0.2, 0.25) is 15.9 Å². The van der Waals surface area contributed by atoms with Gasteiger partial charge < -0.3 is 5.32 Å². The average molecular weight is 390 g/mol. The molecule has 1 aliphatic heterocycles. The molecule has 0 aliphatic carbocycles. The summed E-state index contributed by atoms with van der Waals surface area (Å²) in [6.45, 7) is 4.61. The van der Waals surface area contributed by atoms with E-state index in [0.29, 0.717) is 17.0 Å². The third-order valence-corrected chi connectivity index (χ3v) is 6.51. The van der Waals surface area contributed by atoms with Crippen LogP contribution >= 0.6 is 0 Å². The Morgan fingerprint density at radius 2 is 1.74 bits per heavy atom. The average Bonchev–Trinajstić information content (AvgIpc) is 2.63. The van der Waals surface area contributed by atoms with Gasteiger partial charge in [-0.3, -0.25) is 4.79 Å². The van der Waals surface area contributed by atoms with E-state index in [2.05, 4.69) is 19.2 Å². The molecule has 0 radical (unpaired) electrons. The van der Waals surface area contributed by atoms with Crippen LogP contribution in [0.1, 0.15) is 42.5 Å². The molecule has 0 bridgehead atoms. The van der Waals surface area contributed by atoms with Crippen LogP contribution in [0, 0.1) is 5.82 Å². The number of amides is 1. The van der Waals surface area contributed by atoms with E-state index in [1.165, 1.54) is 28.6 Å². The summed E-state index contributed by atoms with van der Waals surface area (Å²) < 4.78 is 40.3. The number of nitrogens with zero attached hydrogens (tertiary/aromatic N) is 1. The molecule has 2 aromatic carbocycles. The quantitative estimate of drug-likeness (QED) is 0.854. The van der Waals surface area contributed by atoms with Crippen molar-refractivity contribution in [3.63, 3.8) is 0 Å². The molecular weight excluding hydrogens is 367 g/mol. The van der Waals surface area contributed by atoms with Crippen LogP contribution in [0.25, 0.3) is 0 Å². The Bertz CT molecular complexity index is 909. The van der Waals surface area contributed by atoms with E-state index >= 15 is 0 Å². The molecule has 0 aromatic heterocycles. The molecule has 1 aliphatic rings. The van der Waals surface area contributed by atoms with E-state index in [-0.39, 0.29) is 24.7 Å². The minimum atomic E-state index is -3.76.